The summed E-state index contributed by atoms with van der Waals surface area (Å²) in [6.07, 6.45) is 0.966. The average Bonchev–Trinajstić information content (AvgIpc) is 3.28. The molecule has 3 heterocycles. The molecule has 2 aliphatic rings. The van der Waals surface area contributed by atoms with E-state index in [0.29, 0.717) is 12.2 Å². The smallest absolute Gasteiger partial charge is 0.291 e. The number of thiophene rings is 1. The number of ketones is 1. The van der Waals surface area contributed by atoms with Crippen molar-refractivity contribution in [3.63, 3.8) is 0 Å². The highest BCUT2D eigenvalue weighted by Crippen LogP contribution is 2.39. The standard InChI is InChI=1S/C22H18N2O2S/c25-21-16-8-4-5-9-18(16)24(22(21)26)14-23-12-10-19-17(11-13-27-19)20(23)15-6-2-1-3-7-15/h1-9,11,13,20H,10,12,14H2. The highest BCUT2D eigenvalue weighted by atomic mass is 32.1. The van der Waals surface area contributed by atoms with Gasteiger partial charge in [-0.3, -0.25) is 19.4 Å². The van der Waals surface area contributed by atoms with E-state index in [4.69, 9.17) is 0 Å². The molecule has 134 valence electrons. The van der Waals surface area contributed by atoms with Crippen LogP contribution in [0.5, 0.6) is 0 Å². The van der Waals surface area contributed by atoms with Crippen molar-refractivity contribution in [2.24, 2.45) is 0 Å². The number of carbonyl (C=O) groups is 2. The molecule has 5 heteroatoms. The van der Waals surface area contributed by atoms with E-state index < -0.39 is 11.7 Å². The number of anilines is 1. The second kappa shape index (κ2) is 6.44. The van der Waals surface area contributed by atoms with E-state index in [9.17, 15) is 9.59 Å². The van der Waals surface area contributed by atoms with Crippen LogP contribution in [0.4, 0.5) is 5.69 Å². The first-order valence-corrected chi connectivity index (χ1v) is 9.92. The minimum Gasteiger partial charge on any atom is -0.291 e. The van der Waals surface area contributed by atoms with Crippen LogP contribution in [-0.2, 0) is 11.2 Å². The molecular formula is C22H18N2O2S. The fourth-order valence-corrected chi connectivity index (χ4v) is 5.02. The number of rotatable bonds is 3. The van der Waals surface area contributed by atoms with E-state index in [2.05, 4.69) is 28.5 Å². The number of carbonyl (C=O) groups excluding carboxylic acids is 2. The molecule has 1 amide bonds. The van der Waals surface area contributed by atoms with Crippen molar-refractivity contribution < 1.29 is 9.59 Å². The Morgan fingerprint density at radius 1 is 0.963 bits per heavy atom. The molecule has 27 heavy (non-hydrogen) atoms. The third-order valence-corrected chi connectivity index (χ3v) is 6.38. The van der Waals surface area contributed by atoms with Crippen LogP contribution in [0.2, 0.25) is 0 Å². The molecule has 0 fully saturated rings. The lowest BCUT2D eigenvalue weighted by Gasteiger charge is -2.38. The number of benzene rings is 2. The normalized spacial score (nSPS) is 19.3. The lowest BCUT2D eigenvalue weighted by Crippen LogP contribution is -2.45. The van der Waals surface area contributed by atoms with Crippen LogP contribution in [0, 0.1) is 0 Å². The van der Waals surface area contributed by atoms with Gasteiger partial charge in [0.15, 0.2) is 0 Å². The Labute approximate surface area is 161 Å². The summed E-state index contributed by atoms with van der Waals surface area (Å²) in [6, 6.07) is 19.9. The molecule has 0 spiro atoms. The average molecular weight is 374 g/mol. The van der Waals surface area contributed by atoms with Gasteiger partial charge >= 0.3 is 5.91 Å². The Bertz CT molecular complexity index is 1030. The molecule has 0 radical (unpaired) electrons. The van der Waals surface area contributed by atoms with Crippen molar-refractivity contribution in [1.29, 1.82) is 0 Å². The summed E-state index contributed by atoms with van der Waals surface area (Å²) < 4.78 is 0. The lowest BCUT2D eigenvalue weighted by molar-refractivity contribution is -0.114. The predicted molar refractivity (Wildman–Crippen MR) is 106 cm³/mol. The minimum absolute atomic E-state index is 0.0943. The number of hydrogen-bond acceptors (Lipinski definition) is 4. The van der Waals surface area contributed by atoms with Gasteiger partial charge in [0.1, 0.15) is 0 Å². The first kappa shape index (κ1) is 16.4. The first-order chi connectivity index (χ1) is 13.2. The molecule has 1 atom stereocenters. The zero-order valence-electron chi connectivity index (χ0n) is 14.7. The Hall–Kier alpha value is -2.76. The zero-order valence-corrected chi connectivity index (χ0v) is 15.5. The van der Waals surface area contributed by atoms with Gasteiger partial charge in [-0.2, -0.15) is 0 Å². The van der Waals surface area contributed by atoms with Crippen LogP contribution in [0.1, 0.15) is 32.4 Å². The monoisotopic (exact) mass is 374 g/mol. The topological polar surface area (TPSA) is 40.6 Å². The SMILES string of the molecule is O=C1C(=O)N(CN2CCc3sccc3C2c2ccccc2)c2ccccc21. The van der Waals surface area contributed by atoms with Crippen molar-refractivity contribution in [2.45, 2.75) is 12.5 Å². The maximum Gasteiger partial charge on any atom is 0.300 e. The van der Waals surface area contributed by atoms with E-state index >= 15 is 0 Å². The zero-order chi connectivity index (χ0) is 18.4. The molecule has 0 N–H and O–H groups in total. The molecule has 5 rings (SSSR count). The number of amides is 1. The Balaban J connectivity index is 1.53. The van der Waals surface area contributed by atoms with Gasteiger partial charge < -0.3 is 0 Å². The number of hydrogen-bond donors (Lipinski definition) is 0. The van der Waals surface area contributed by atoms with E-state index in [1.165, 1.54) is 16.0 Å². The molecule has 0 saturated carbocycles. The van der Waals surface area contributed by atoms with Gasteiger partial charge in [0.2, 0.25) is 0 Å². The Kier molecular flexibility index (Phi) is 3.92. The van der Waals surface area contributed by atoms with Crippen molar-refractivity contribution in [2.75, 3.05) is 18.1 Å². The molecule has 1 aromatic heterocycles. The Morgan fingerprint density at radius 3 is 2.59 bits per heavy atom. The Morgan fingerprint density at radius 2 is 1.74 bits per heavy atom. The maximum absolute atomic E-state index is 12.6. The molecule has 0 aliphatic carbocycles. The molecule has 1 unspecified atom stereocenters. The van der Waals surface area contributed by atoms with Crippen LogP contribution in [-0.4, -0.2) is 29.8 Å². The largest absolute Gasteiger partial charge is 0.300 e. The van der Waals surface area contributed by atoms with E-state index in [0.717, 1.165) is 18.7 Å². The number of para-hydroxylation sites is 1. The van der Waals surface area contributed by atoms with Gasteiger partial charge in [-0.25, -0.2) is 0 Å². The maximum atomic E-state index is 12.6. The van der Waals surface area contributed by atoms with Gasteiger partial charge in [0.25, 0.3) is 5.78 Å². The van der Waals surface area contributed by atoms with Gasteiger partial charge in [0, 0.05) is 11.4 Å². The second-order valence-electron chi connectivity index (χ2n) is 6.90. The fraction of sp³-hybridized carbons (Fsp3) is 0.182. The molecule has 0 bridgehead atoms. The van der Waals surface area contributed by atoms with E-state index in [1.54, 1.807) is 28.4 Å². The highest BCUT2D eigenvalue weighted by Gasteiger charge is 2.38. The molecule has 2 aromatic carbocycles. The molecule has 3 aromatic rings. The van der Waals surface area contributed by atoms with Crippen molar-refractivity contribution in [3.05, 3.63) is 87.6 Å². The summed E-state index contributed by atoms with van der Waals surface area (Å²) in [4.78, 5) is 30.3. The van der Waals surface area contributed by atoms with E-state index in [-0.39, 0.29) is 6.04 Å². The minimum atomic E-state index is -0.431. The van der Waals surface area contributed by atoms with Crippen LogP contribution < -0.4 is 4.90 Å². The third kappa shape index (κ3) is 2.62. The summed E-state index contributed by atoms with van der Waals surface area (Å²) in [5.74, 6) is -0.839. The molecular weight excluding hydrogens is 356 g/mol. The van der Waals surface area contributed by atoms with Gasteiger partial charge in [-0.15, -0.1) is 11.3 Å². The van der Waals surface area contributed by atoms with Crippen LogP contribution >= 0.6 is 11.3 Å². The van der Waals surface area contributed by atoms with Crippen LogP contribution in [0.3, 0.4) is 0 Å². The fourth-order valence-electron chi connectivity index (χ4n) is 4.12. The summed E-state index contributed by atoms with van der Waals surface area (Å²) >= 11 is 1.80. The van der Waals surface area contributed by atoms with Gasteiger partial charge in [0.05, 0.1) is 24.0 Å². The lowest BCUT2D eigenvalue weighted by atomic mass is 9.93. The van der Waals surface area contributed by atoms with Crippen LogP contribution in [0.25, 0.3) is 0 Å². The first-order valence-electron chi connectivity index (χ1n) is 9.04. The quantitative estimate of drug-likeness (QED) is 0.653. The summed E-state index contributed by atoms with van der Waals surface area (Å²) in [5.41, 5.74) is 3.74. The summed E-state index contributed by atoms with van der Waals surface area (Å²) in [7, 11) is 0. The number of fused-ring (bicyclic) bond motifs is 2. The predicted octanol–water partition coefficient (Wildman–Crippen LogP) is 3.88. The molecule has 0 saturated heterocycles. The van der Waals surface area contributed by atoms with E-state index in [1.807, 2.05) is 30.3 Å². The summed E-state index contributed by atoms with van der Waals surface area (Å²) in [5, 5.41) is 2.14. The number of nitrogens with zero attached hydrogens (tertiary/aromatic N) is 2. The molecule has 4 nitrogen and oxygen atoms in total. The molecule has 2 aliphatic heterocycles. The third-order valence-electron chi connectivity index (χ3n) is 5.38. The van der Waals surface area contributed by atoms with Crippen molar-refractivity contribution in [3.8, 4) is 0 Å². The summed E-state index contributed by atoms with van der Waals surface area (Å²) in [6.45, 7) is 1.27. The van der Waals surface area contributed by atoms with Gasteiger partial charge in [-0.05, 0) is 41.1 Å². The van der Waals surface area contributed by atoms with Crippen molar-refractivity contribution in [1.82, 2.24) is 4.90 Å². The van der Waals surface area contributed by atoms with Crippen molar-refractivity contribution >= 4 is 28.7 Å². The highest BCUT2D eigenvalue weighted by molar-refractivity contribution is 7.10. The van der Waals surface area contributed by atoms with Gasteiger partial charge in [-0.1, -0.05) is 42.5 Å². The second-order valence-corrected chi connectivity index (χ2v) is 7.90. The number of Topliss-reactive ketones (excluding diaryl/α,β-unsaturated/α-hetero) is 1. The van der Waals surface area contributed by atoms with Crippen LogP contribution in [0.15, 0.2) is 66.0 Å².